The highest BCUT2D eigenvalue weighted by Gasteiger charge is 2.51. The summed E-state index contributed by atoms with van der Waals surface area (Å²) in [5.74, 6) is 1.20. The van der Waals surface area contributed by atoms with Crippen molar-refractivity contribution in [3.8, 4) is 0 Å². The number of ether oxygens (including phenoxy) is 1. The molecular weight excluding hydrogens is 444 g/mol. The Labute approximate surface area is 211 Å². The summed E-state index contributed by atoms with van der Waals surface area (Å²) >= 11 is 0. The number of urea groups is 1. The number of esters is 1. The summed E-state index contributed by atoms with van der Waals surface area (Å²) in [6.45, 7) is 18.0. The number of nitrogens with zero attached hydrogens (tertiary/aromatic N) is 3. The van der Waals surface area contributed by atoms with E-state index in [9.17, 15) is 14.4 Å². The molecule has 198 valence electrons. The molecule has 0 spiro atoms. The molecule has 0 aromatic carbocycles. The molecule has 3 aliphatic carbocycles. The van der Waals surface area contributed by atoms with E-state index < -0.39 is 5.97 Å². The molecule has 3 amide bonds. The largest absolute Gasteiger partial charge is 0.465 e. The number of amides is 3. The minimum atomic E-state index is -0.423. The fourth-order valence-electron chi connectivity index (χ4n) is 5.64. The molecule has 8 nitrogen and oxygen atoms in total. The monoisotopic (exact) mass is 490 g/mol. The average Bonchev–Trinajstić information content (AvgIpc) is 2.79. The van der Waals surface area contributed by atoms with Crippen molar-refractivity contribution < 1.29 is 19.1 Å². The number of hydrogen-bond donors (Lipinski definition) is 1. The fraction of sp³-hybridized carbons (Fsp3) is 0.815. The van der Waals surface area contributed by atoms with Gasteiger partial charge in [-0.2, -0.15) is 0 Å². The van der Waals surface area contributed by atoms with E-state index in [0.717, 1.165) is 38.5 Å². The van der Waals surface area contributed by atoms with Gasteiger partial charge in [-0.15, -0.1) is 0 Å². The van der Waals surface area contributed by atoms with Crippen LogP contribution in [0.5, 0.6) is 0 Å². The molecule has 0 aromatic heterocycles. The number of rotatable bonds is 9. The molecule has 2 atom stereocenters. The van der Waals surface area contributed by atoms with Crippen molar-refractivity contribution in [3.63, 3.8) is 0 Å². The second-order valence-corrected chi connectivity index (χ2v) is 12.2. The van der Waals surface area contributed by atoms with Crippen molar-refractivity contribution in [2.75, 3.05) is 59.0 Å². The van der Waals surface area contributed by atoms with Crippen molar-refractivity contribution in [1.29, 1.82) is 0 Å². The molecule has 35 heavy (non-hydrogen) atoms. The van der Waals surface area contributed by atoms with Gasteiger partial charge in [0.15, 0.2) is 0 Å². The summed E-state index contributed by atoms with van der Waals surface area (Å²) in [6, 6.07) is -0.231. The van der Waals surface area contributed by atoms with Gasteiger partial charge in [-0.1, -0.05) is 46.3 Å². The molecule has 2 bridgehead atoms. The Morgan fingerprint density at radius 1 is 1.17 bits per heavy atom. The molecule has 1 heterocycles. The van der Waals surface area contributed by atoms with Crippen molar-refractivity contribution in [1.82, 2.24) is 20.0 Å². The smallest absolute Gasteiger partial charge is 0.325 e. The van der Waals surface area contributed by atoms with Gasteiger partial charge in [-0.05, 0) is 42.4 Å². The highest BCUT2D eigenvalue weighted by atomic mass is 16.5. The first-order valence-electron chi connectivity index (χ1n) is 13.3. The van der Waals surface area contributed by atoms with Crippen LogP contribution in [-0.2, 0) is 14.3 Å². The number of piperazine rings is 1. The molecule has 4 aliphatic rings. The second-order valence-electron chi connectivity index (χ2n) is 12.2. The predicted molar refractivity (Wildman–Crippen MR) is 137 cm³/mol. The van der Waals surface area contributed by atoms with E-state index in [2.05, 4.69) is 55.8 Å². The molecule has 4 rings (SSSR count). The number of allylic oxidation sites excluding steroid dienone is 1. The Bertz CT molecular complexity index is 808. The number of hydrogen-bond acceptors (Lipinski definition) is 5. The lowest BCUT2D eigenvalue weighted by Crippen LogP contribution is -2.54. The van der Waals surface area contributed by atoms with Crippen LogP contribution >= 0.6 is 0 Å². The van der Waals surface area contributed by atoms with E-state index >= 15 is 0 Å². The Morgan fingerprint density at radius 3 is 2.43 bits per heavy atom. The number of nitrogens with one attached hydrogen (secondary N) is 1. The van der Waals surface area contributed by atoms with E-state index in [1.54, 1.807) is 11.8 Å². The molecule has 1 N–H and O–H groups in total. The molecule has 2 fully saturated rings. The minimum Gasteiger partial charge on any atom is -0.465 e. The van der Waals surface area contributed by atoms with Crippen LogP contribution in [0.4, 0.5) is 4.79 Å². The van der Waals surface area contributed by atoms with E-state index in [-0.39, 0.29) is 23.9 Å². The molecule has 1 saturated heterocycles. The average molecular weight is 491 g/mol. The van der Waals surface area contributed by atoms with E-state index in [1.165, 1.54) is 12.0 Å². The second kappa shape index (κ2) is 11.3. The normalized spacial score (nSPS) is 23.7. The SMILES string of the molecule is CCOC(=O)CNC(=O)N1CCN(CCN(CC2=CCC3CC2C3(C)C)C(=O)CC(C)(C)C)CC1. The van der Waals surface area contributed by atoms with E-state index in [0.29, 0.717) is 44.0 Å². The molecule has 1 saturated carbocycles. The third kappa shape index (κ3) is 7.21. The van der Waals surface area contributed by atoms with Crippen molar-refractivity contribution >= 4 is 17.9 Å². The maximum atomic E-state index is 13.3. The molecule has 8 heteroatoms. The first-order chi connectivity index (χ1) is 16.4. The third-order valence-electron chi connectivity index (χ3n) is 8.03. The number of carbonyl (C=O) groups excluding carboxylic acids is 3. The van der Waals surface area contributed by atoms with Crippen LogP contribution < -0.4 is 5.32 Å². The summed E-state index contributed by atoms with van der Waals surface area (Å²) in [5.41, 5.74) is 1.76. The van der Waals surface area contributed by atoms with E-state index in [1.807, 2.05) is 0 Å². The maximum Gasteiger partial charge on any atom is 0.325 e. The summed E-state index contributed by atoms with van der Waals surface area (Å²) in [5, 5.41) is 2.63. The first-order valence-corrected chi connectivity index (χ1v) is 13.3. The van der Waals surface area contributed by atoms with Crippen molar-refractivity contribution in [2.45, 2.75) is 60.8 Å². The van der Waals surface area contributed by atoms with Crippen molar-refractivity contribution in [2.24, 2.45) is 22.7 Å². The van der Waals surface area contributed by atoms with Gasteiger partial charge in [0, 0.05) is 52.2 Å². The topological polar surface area (TPSA) is 82.2 Å². The van der Waals surface area contributed by atoms with E-state index in [4.69, 9.17) is 4.74 Å². The Kier molecular flexibility index (Phi) is 8.89. The molecule has 1 aliphatic heterocycles. The van der Waals surface area contributed by atoms with Crippen LogP contribution in [-0.4, -0.2) is 91.6 Å². The summed E-state index contributed by atoms with van der Waals surface area (Å²) in [7, 11) is 0. The van der Waals surface area contributed by atoms with Gasteiger partial charge in [-0.3, -0.25) is 14.5 Å². The van der Waals surface area contributed by atoms with Gasteiger partial charge in [-0.25, -0.2) is 4.79 Å². The van der Waals surface area contributed by atoms with Crippen molar-refractivity contribution in [3.05, 3.63) is 11.6 Å². The Balaban J connectivity index is 1.50. The Morgan fingerprint density at radius 2 is 1.86 bits per heavy atom. The quantitative estimate of drug-likeness (QED) is 0.397. The highest BCUT2D eigenvalue weighted by Crippen LogP contribution is 2.59. The highest BCUT2D eigenvalue weighted by molar-refractivity contribution is 5.81. The molecule has 0 aromatic rings. The summed E-state index contributed by atoms with van der Waals surface area (Å²) < 4.78 is 4.86. The third-order valence-corrected chi connectivity index (χ3v) is 8.03. The lowest BCUT2D eigenvalue weighted by molar-refractivity contribution is -0.141. The fourth-order valence-corrected chi connectivity index (χ4v) is 5.64. The zero-order valence-electron chi connectivity index (χ0n) is 22.7. The van der Waals surface area contributed by atoms with Gasteiger partial charge < -0.3 is 19.9 Å². The van der Waals surface area contributed by atoms with Gasteiger partial charge >= 0.3 is 12.0 Å². The summed E-state index contributed by atoms with van der Waals surface area (Å²) in [6.07, 6.45) is 5.35. The molecular formula is C27H46N4O4. The molecule has 0 radical (unpaired) electrons. The number of fused-ring (bicyclic) bond motifs is 1. The molecule has 2 unspecified atom stereocenters. The minimum absolute atomic E-state index is 0.0420. The standard InChI is InChI=1S/C27H46N4O4/c1-7-35-24(33)18-28-25(34)30-13-10-29(11-14-30)12-15-31(23(32)17-26(2,3)4)19-20-8-9-21-16-22(20)27(21,5)6/h8,21-22H,7,9-19H2,1-6H3,(H,28,34). The van der Waals surface area contributed by atoms with Crippen LogP contribution in [0.3, 0.4) is 0 Å². The lowest BCUT2D eigenvalue weighted by atomic mass is 9.49. The zero-order valence-corrected chi connectivity index (χ0v) is 22.7. The van der Waals surface area contributed by atoms with Crippen LogP contribution in [0.1, 0.15) is 60.8 Å². The van der Waals surface area contributed by atoms with Gasteiger partial charge in [0.05, 0.1) is 6.61 Å². The zero-order chi connectivity index (χ0) is 25.8. The van der Waals surface area contributed by atoms with Crippen LogP contribution in [0.15, 0.2) is 11.6 Å². The lowest BCUT2D eigenvalue weighted by Gasteiger charge is -2.57. The Hall–Kier alpha value is -2.09. The van der Waals surface area contributed by atoms with Gasteiger partial charge in [0.25, 0.3) is 0 Å². The maximum absolute atomic E-state index is 13.3. The van der Waals surface area contributed by atoms with Crippen LogP contribution in [0.2, 0.25) is 0 Å². The first kappa shape index (κ1) is 27.5. The van der Waals surface area contributed by atoms with Gasteiger partial charge in [0.1, 0.15) is 6.54 Å². The number of carbonyl (C=O) groups is 3. The van der Waals surface area contributed by atoms with Crippen LogP contribution in [0.25, 0.3) is 0 Å². The van der Waals surface area contributed by atoms with Gasteiger partial charge in [0.2, 0.25) is 5.91 Å². The summed E-state index contributed by atoms with van der Waals surface area (Å²) in [4.78, 5) is 43.2. The van der Waals surface area contributed by atoms with Crippen LogP contribution in [0, 0.1) is 22.7 Å². The predicted octanol–water partition coefficient (Wildman–Crippen LogP) is 3.13.